The third-order valence-electron chi connectivity index (χ3n) is 3.08. The van der Waals surface area contributed by atoms with Gasteiger partial charge >= 0.3 is 0 Å². The Labute approximate surface area is 128 Å². The van der Waals surface area contributed by atoms with E-state index in [4.69, 9.17) is 0 Å². The highest BCUT2D eigenvalue weighted by Gasteiger charge is 2.14. The predicted molar refractivity (Wildman–Crippen MR) is 81.2 cm³/mol. The number of carbonyl (C=O) groups is 1. The lowest BCUT2D eigenvalue weighted by Crippen LogP contribution is -2.12. The zero-order valence-corrected chi connectivity index (χ0v) is 12.6. The second-order valence-corrected chi connectivity index (χ2v) is 5.83. The first-order valence-electron chi connectivity index (χ1n) is 6.45. The van der Waals surface area contributed by atoms with Gasteiger partial charge in [0.25, 0.3) is 5.91 Å². The van der Waals surface area contributed by atoms with Gasteiger partial charge in [-0.05, 0) is 43.7 Å². The molecule has 2 aromatic heterocycles. The standard InChI is InChI=1S/C15H11F2N3OS/c1-7-5-8(2)18-13-12(7)22-15(19-13)20-14(21)9-3-4-10(16)11(17)6-9/h3-6H,1-2H3,(H,18,19,20,21). The van der Waals surface area contributed by atoms with Crippen LogP contribution in [0.3, 0.4) is 0 Å². The van der Waals surface area contributed by atoms with Crippen molar-refractivity contribution in [2.45, 2.75) is 13.8 Å². The van der Waals surface area contributed by atoms with Crippen molar-refractivity contribution in [3.8, 4) is 0 Å². The fourth-order valence-corrected chi connectivity index (χ4v) is 2.95. The number of benzene rings is 1. The first kappa shape index (κ1) is 14.5. The Morgan fingerprint density at radius 2 is 1.91 bits per heavy atom. The lowest BCUT2D eigenvalue weighted by molar-refractivity contribution is 0.102. The number of anilines is 1. The molecule has 3 aromatic rings. The van der Waals surface area contributed by atoms with E-state index in [-0.39, 0.29) is 5.56 Å². The predicted octanol–water partition coefficient (Wildman–Crippen LogP) is 3.84. The summed E-state index contributed by atoms with van der Waals surface area (Å²) >= 11 is 1.29. The largest absolute Gasteiger partial charge is 0.298 e. The van der Waals surface area contributed by atoms with Crippen molar-refractivity contribution in [2.24, 2.45) is 0 Å². The van der Waals surface area contributed by atoms with Crippen molar-refractivity contribution in [1.29, 1.82) is 0 Å². The van der Waals surface area contributed by atoms with Crippen LogP contribution in [0.1, 0.15) is 21.6 Å². The number of hydrogen-bond acceptors (Lipinski definition) is 4. The van der Waals surface area contributed by atoms with E-state index >= 15 is 0 Å². The molecule has 2 heterocycles. The zero-order valence-electron chi connectivity index (χ0n) is 11.8. The first-order valence-corrected chi connectivity index (χ1v) is 7.27. The van der Waals surface area contributed by atoms with E-state index in [1.54, 1.807) is 0 Å². The Hall–Kier alpha value is -2.41. The van der Waals surface area contributed by atoms with Crippen molar-refractivity contribution in [1.82, 2.24) is 9.97 Å². The molecule has 1 N–H and O–H groups in total. The molecule has 112 valence electrons. The maximum absolute atomic E-state index is 13.2. The zero-order chi connectivity index (χ0) is 15.9. The van der Waals surface area contributed by atoms with Gasteiger partial charge in [-0.3, -0.25) is 10.1 Å². The van der Waals surface area contributed by atoms with E-state index in [0.717, 1.165) is 28.1 Å². The summed E-state index contributed by atoms with van der Waals surface area (Å²) < 4.78 is 26.9. The molecule has 22 heavy (non-hydrogen) atoms. The third kappa shape index (κ3) is 2.67. The minimum absolute atomic E-state index is 0.0269. The molecule has 0 saturated carbocycles. The molecule has 7 heteroatoms. The summed E-state index contributed by atoms with van der Waals surface area (Å²) in [5.41, 5.74) is 2.45. The molecular weight excluding hydrogens is 308 g/mol. The Bertz CT molecular complexity index is 892. The van der Waals surface area contributed by atoms with Gasteiger partial charge in [0.1, 0.15) is 0 Å². The van der Waals surface area contributed by atoms with Crippen molar-refractivity contribution < 1.29 is 13.6 Å². The van der Waals surface area contributed by atoms with Crippen molar-refractivity contribution in [2.75, 3.05) is 5.32 Å². The second-order valence-electron chi connectivity index (χ2n) is 4.84. The highest BCUT2D eigenvalue weighted by atomic mass is 32.1. The first-order chi connectivity index (χ1) is 10.4. The van der Waals surface area contributed by atoms with Gasteiger partial charge in [0.2, 0.25) is 0 Å². The number of rotatable bonds is 2. The summed E-state index contributed by atoms with van der Waals surface area (Å²) in [4.78, 5) is 20.6. The van der Waals surface area contributed by atoms with Gasteiger partial charge in [-0.1, -0.05) is 11.3 Å². The average molecular weight is 319 g/mol. The van der Waals surface area contributed by atoms with Crippen LogP contribution in [0, 0.1) is 25.5 Å². The molecule has 1 amide bonds. The highest BCUT2D eigenvalue weighted by molar-refractivity contribution is 7.22. The average Bonchev–Trinajstić information content (AvgIpc) is 2.84. The molecule has 0 atom stereocenters. The van der Waals surface area contributed by atoms with Gasteiger partial charge in [0.15, 0.2) is 22.4 Å². The monoisotopic (exact) mass is 319 g/mol. The van der Waals surface area contributed by atoms with Crippen LogP contribution in [0.4, 0.5) is 13.9 Å². The van der Waals surface area contributed by atoms with E-state index in [1.165, 1.54) is 17.4 Å². The second kappa shape index (κ2) is 5.42. The van der Waals surface area contributed by atoms with Crippen LogP contribution in [0.15, 0.2) is 24.3 Å². The summed E-state index contributed by atoms with van der Waals surface area (Å²) in [6, 6.07) is 4.92. The lowest BCUT2D eigenvalue weighted by atomic mass is 10.2. The summed E-state index contributed by atoms with van der Waals surface area (Å²) in [7, 11) is 0. The van der Waals surface area contributed by atoms with E-state index in [0.29, 0.717) is 10.8 Å². The SMILES string of the molecule is Cc1cc(C)c2sc(NC(=O)c3ccc(F)c(F)c3)nc2n1. The van der Waals surface area contributed by atoms with E-state index in [2.05, 4.69) is 15.3 Å². The minimum Gasteiger partial charge on any atom is -0.298 e. The van der Waals surface area contributed by atoms with Crippen LogP contribution in [-0.4, -0.2) is 15.9 Å². The summed E-state index contributed by atoms with van der Waals surface area (Å²) in [5, 5.41) is 2.95. The summed E-state index contributed by atoms with van der Waals surface area (Å²) in [5.74, 6) is -2.61. The Kier molecular flexibility index (Phi) is 3.58. The Balaban J connectivity index is 1.90. The van der Waals surface area contributed by atoms with Gasteiger partial charge in [-0.2, -0.15) is 4.98 Å². The molecule has 3 rings (SSSR count). The molecule has 4 nitrogen and oxygen atoms in total. The number of aromatic nitrogens is 2. The van der Waals surface area contributed by atoms with Gasteiger partial charge in [-0.15, -0.1) is 0 Å². The Morgan fingerprint density at radius 3 is 2.64 bits per heavy atom. The van der Waals surface area contributed by atoms with Crippen LogP contribution < -0.4 is 5.32 Å². The van der Waals surface area contributed by atoms with Gasteiger partial charge in [0.05, 0.1) is 4.70 Å². The third-order valence-corrected chi connectivity index (χ3v) is 4.17. The van der Waals surface area contributed by atoms with Crippen LogP contribution >= 0.6 is 11.3 Å². The summed E-state index contributed by atoms with van der Waals surface area (Å²) in [6.07, 6.45) is 0. The quantitative estimate of drug-likeness (QED) is 0.781. The van der Waals surface area contributed by atoms with Crippen LogP contribution in [0.2, 0.25) is 0 Å². The van der Waals surface area contributed by atoms with Crippen molar-refractivity contribution in [3.63, 3.8) is 0 Å². The minimum atomic E-state index is -1.06. The smallest absolute Gasteiger partial charge is 0.257 e. The fraction of sp³-hybridized carbons (Fsp3) is 0.133. The molecule has 0 spiro atoms. The van der Waals surface area contributed by atoms with Gasteiger partial charge in [0, 0.05) is 11.3 Å². The topological polar surface area (TPSA) is 54.9 Å². The number of thiazole rings is 1. The normalized spacial score (nSPS) is 10.9. The molecule has 0 fully saturated rings. The highest BCUT2D eigenvalue weighted by Crippen LogP contribution is 2.28. The fourth-order valence-electron chi connectivity index (χ4n) is 2.08. The lowest BCUT2D eigenvalue weighted by Gasteiger charge is -2.01. The number of nitrogens with one attached hydrogen (secondary N) is 1. The molecule has 0 unspecified atom stereocenters. The number of fused-ring (bicyclic) bond motifs is 1. The molecular formula is C15H11F2N3OS. The molecule has 0 aliphatic heterocycles. The van der Waals surface area contributed by atoms with E-state index in [9.17, 15) is 13.6 Å². The van der Waals surface area contributed by atoms with Crippen LogP contribution in [0.5, 0.6) is 0 Å². The number of halogens is 2. The number of nitrogens with zero attached hydrogens (tertiary/aromatic N) is 2. The molecule has 0 radical (unpaired) electrons. The molecule has 0 bridgehead atoms. The molecule has 0 aliphatic carbocycles. The van der Waals surface area contributed by atoms with Crippen LogP contribution in [-0.2, 0) is 0 Å². The molecule has 0 saturated heterocycles. The maximum atomic E-state index is 13.2. The number of aryl methyl sites for hydroxylation is 2. The number of hydrogen-bond donors (Lipinski definition) is 1. The van der Waals surface area contributed by atoms with Crippen molar-refractivity contribution >= 4 is 32.7 Å². The maximum Gasteiger partial charge on any atom is 0.257 e. The molecule has 1 aromatic carbocycles. The van der Waals surface area contributed by atoms with Crippen LogP contribution in [0.25, 0.3) is 10.3 Å². The van der Waals surface area contributed by atoms with Crippen molar-refractivity contribution in [3.05, 3.63) is 52.7 Å². The number of carbonyl (C=O) groups excluding carboxylic acids is 1. The van der Waals surface area contributed by atoms with Gasteiger partial charge in [-0.25, -0.2) is 13.8 Å². The van der Waals surface area contributed by atoms with E-state index < -0.39 is 17.5 Å². The Morgan fingerprint density at radius 1 is 1.14 bits per heavy atom. The van der Waals surface area contributed by atoms with Gasteiger partial charge < -0.3 is 0 Å². The number of pyridine rings is 1. The molecule has 0 aliphatic rings. The summed E-state index contributed by atoms with van der Waals surface area (Å²) in [6.45, 7) is 3.81. The van der Waals surface area contributed by atoms with E-state index in [1.807, 2.05) is 19.9 Å². The number of amides is 1.